The van der Waals surface area contributed by atoms with Gasteiger partial charge in [0, 0.05) is 19.3 Å². The van der Waals surface area contributed by atoms with E-state index < -0.39 is 0 Å². The van der Waals surface area contributed by atoms with E-state index >= 15 is 0 Å². The molecule has 0 bridgehead atoms. The van der Waals surface area contributed by atoms with Crippen LogP contribution in [0.15, 0.2) is 0 Å². The molecule has 0 rings (SSSR count). The van der Waals surface area contributed by atoms with Crippen molar-refractivity contribution in [3.05, 3.63) is 0 Å². The Bertz CT molecular complexity index is 129. The normalized spacial score (nSPS) is 11.2. The molecule has 0 spiro atoms. The molecule has 0 saturated heterocycles. The number of ether oxygens (including phenoxy) is 2. The third-order valence-corrected chi connectivity index (χ3v) is 2.34. The van der Waals surface area contributed by atoms with Gasteiger partial charge in [-0.3, -0.25) is 0 Å². The lowest BCUT2D eigenvalue weighted by molar-refractivity contribution is 0.0512. The highest BCUT2D eigenvalue weighted by Crippen LogP contribution is 1.99. The molecular weight excluding hydrogens is 202 g/mol. The maximum Gasteiger partial charge on any atom is 0.0700 e. The second-order valence-electron chi connectivity index (χ2n) is 4.33. The number of hydrogen-bond acceptors (Lipinski definition) is 3. The lowest BCUT2D eigenvalue weighted by Crippen LogP contribution is -2.23. The van der Waals surface area contributed by atoms with Gasteiger partial charge in [-0.25, -0.2) is 0 Å². The number of unbranched alkanes of at least 4 members (excludes halogenated alkanes) is 3. The lowest BCUT2D eigenvalue weighted by atomic mass is 10.2. The fraction of sp³-hybridized carbons (Fsp3) is 1.00. The molecule has 98 valence electrons. The monoisotopic (exact) mass is 231 g/mol. The second kappa shape index (κ2) is 12.9. The molecular formula is C13H29NO2. The summed E-state index contributed by atoms with van der Waals surface area (Å²) in [4.78, 5) is 0. The quantitative estimate of drug-likeness (QED) is 0.524. The van der Waals surface area contributed by atoms with Crippen LogP contribution >= 0.6 is 0 Å². The Balaban J connectivity index is 2.88. The first kappa shape index (κ1) is 15.9. The molecule has 0 aromatic rings. The Kier molecular flexibility index (Phi) is 12.9. The zero-order valence-electron chi connectivity index (χ0n) is 11.3. The van der Waals surface area contributed by atoms with E-state index in [0.717, 1.165) is 33.0 Å². The van der Waals surface area contributed by atoms with Gasteiger partial charge in [-0.2, -0.15) is 0 Å². The van der Waals surface area contributed by atoms with E-state index in [0.29, 0.717) is 6.04 Å². The van der Waals surface area contributed by atoms with Crippen LogP contribution in [0.2, 0.25) is 0 Å². The number of hydrogen-bond donors (Lipinski definition) is 1. The summed E-state index contributed by atoms with van der Waals surface area (Å²) in [5.74, 6) is 0. The topological polar surface area (TPSA) is 30.5 Å². The molecule has 0 aliphatic carbocycles. The molecule has 0 aromatic carbocycles. The van der Waals surface area contributed by atoms with Gasteiger partial charge in [-0.15, -0.1) is 0 Å². The molecule has 1 N–H and O–H groups in total. The van der Waals surface area contributed by atoms with Gasteiger partial charge < -0.3 is 14.8 Å². The smallest absolute Gasteiger partial charge is 0.0700 e. The maximum atomic E-state index is 5.44. The average molecular weight is 231 g/mol. The zero-order chi connectivity index (χ0) is 12.1. The summed E-state index contributed by atoms with van der Waals surface area (Å²) in [5.41, 5.74) is 0. The van der Waals surface area contributed by atoms with E-state index in [9.17, 15) is 0 Å². The van der Waals surface area contributed by atoms with Crippen molar-refractivity contribution >= 4 is 0 Å². The highest BCUT2D eigenvalue weighted by Gasteiger charge is 1.93. The number of nitrogens with one attached hydrogen (secondary N) is 1. The Hall–Kier alpha value is -0.120. The summed E-state index contributed by atoms with van der Waals surface area (Å²) in [6.07, 6.45) is 5.02. The molecule has 0 unspecified atom stereocenters. The third kappa shape index (κ3) is 13.9. The molecule has 0 amide bonds. The number of rotatable bonds is 12. The molecule has 0 radical (unpaired) electrons. The molecule has 0 aliphatic heterocycles. The van der Waals surface area contributed by atoms with E-state index in [-0.39, 0.29) is 0 Å². The second-order valence-corrected chi connectivity index (χ2v) is 4.33. The molecule has 0 aromatic heterocycles. The van der Waals surface area contributed by atoms with Crippen LogP contribution in [0.4, 0.5) is 0 Å². The summed E-state index contributed by atoms with van der Waals surface area (Å²) < 4.78 is 10.6. The minimum absolute atomic E-state index is 0.613. The van der Waals surface area contributed by atoms with E-state index in [4.69, 9.17) is 9.47 Å². The minimum Gasteiger partial charge on any atom is -0.379 e. The van der Waals surface area contributed by atoms with Crippen LogP contribution in [0, 0.1) is 0 Å². The fourth-order valence-electron chi connectivity index (χ4n) is 1.44. The van der Waals surface area contributed by atoms with Gasteiger partial charge in [0.15, 0.2) is 0 Å². The fourth-order valence-corrected chi connectivity index (χ4v) is 1.44. The Morgan fingerprint density at radius 2 is 1.56 bits per heavy atom. The van der Waals surface area contributed by atoms with Crippen LogP contribution in [-0.4, -0.2) is 39.0 Å². The summed E-state index contributed by atoms with van der Waals surface area (Å²) in [7, 11) is 0. The Labute approximate surface area is 101 Å². The summed E-state index contributed by atoms with van der Waals surface area (Å²) >= 11 is 0. The van der Waals surface area contributed by atoms with Crippen molar-refractivity contribution in [3.8, 4) is 0 Å². The van der Waals surface area contributed by atoms with Crippen molar-refractivity contribution in [3.63, 3.8) is 0 Å². The highest BCUT2D eigenvalue weighted by molar-refractivity contribution is 4.53. The first-order chi connectivity index (χ1) is 7.77. The summed E-state index contributed by atoms with van der Waals surface area (Å²) in [6.45, 7) is 10.7. The van der Waals surface area contributed by atoms with Crippen LogP contribution in [0.3, 0.4) is 0 Å². The molecule has 3 heteroatoms. The molecule has 0 heterocycles. The highest BCUT2D eigenvalue weighted by atomic mass is 16.5. The van der Waals surface area contributed by atoms with Crippen molar-refractivity contribution in [1.29, 1.82) is 0 Å². The first-order valence-electron chi connectivity index (χ1n) is 6.66. The van der Waals surface area contributed by atoms with Gasteiger partial charge >= 0.3 is 0 Å². The molecule has 0 aliphatic rings. The van der Waals surface area contributed by atoms with Gasteiger partial charge in [0.05, 0.1) is 13.2 Å². The van der Waals surface area contributed by atoms with Crippen molar-refractivity contribution in [2.75, 3.05) is 33.0 Å². The van der Waals surface area contributed by atoms with E-state index in [1.165, 1.54) is 25.7 Å². The van der Waals surface area contributed by atoms with Crippen LogP contribution in [-0.2, 0) is 9.47 Å². The minimum atomic E-state index is 0.613. The largest absolute Gasteiger partial charge is 0.379 e. The van der Waals surface area contributed by atoms with Gasteiger partial charge in [-0.05, 0) is 26.3 Å². The van der Waals surface area contributed by atoms with Gasteiger partial charge in [0.25, 0.3) is 0 Å². The van der Waals surface area contributed by atoms with Crippen molar-refractivity contribution < 1.29 is 9.47 Å². The van der Waals surface area contributed by atoms with Crippen molar-refractivity contribution in [2.24, 2.45) is 0 Å². The summed E-state index contributed by atoms with van der Waals surface area (Å²) in [6, 6.07) is 0.613. The van der Waals surface area contributed by atoms with E-state index in [2.05, 4.69) is 19.2 Å². The Morgan fingerprint density at radius 1 is 0.875 bits per heavy atom. The van der Waals surface area contributed by atoms with Gasteiger partial charge in [-0.1, -0.05) is 26.7 Å². The van der Waals surface area contributed by atoms with Crippen LogP contribution in [0.25, 0.3) is 0 Å². The van der Waals surface area contributed by atoms with Crippen molar-refractivity contribution in [2.45, 2.75) is 52.5 Å². The third-order valence-electron chi connectivity index (χ3n) is 2.34. The average Bonchev–Trinajstić information content (AvgIpc) is 2.25. The summed E-state index contributed by atoms with van der Waals surface area (Å²) in [5, 5.41) is 3.42. The van der Waals surface area contributed by atoms with Crippen LogP contribution in [0.1, 0.15) is 46.5 Å². The predicted octanol–water partition coefficient (Wildman–Crippen LogP) is 2.60. The van der Waals surface area contributed by atoms with E-state index in [1.807, 2.05) is 6.92 Å². The van der Waals surface area contributed by atoms with Crippen LogP contribution < -0.4 is 5.32 Å². The van der Waals surface area contributed by atoms with Crippen LogP contribution in [0.5, 0.6) is 0 Å². The Morgan fingerprint density at radius 3 is 2.25 bits per heavy atom. The maximum absolute atomic E-state index is 5.44. The van der Waals surface area contributed by atoms with Gasteiger partial charge in [0.1, 0.15) is 0 Å². The lowest BCUT2D eigenvalue weighted by Gasteiger charge is -2.07. The molecule has 3 nitrogen and oxygen atoms in total. The molecule has 16 heavy (non-hydrogen) atoms. The van der Waals surface area contributed by atoms with Gasteiger partial charge in [0.2, 0.25) is 0 Å². The zero-order valence-corrected chi connectivity index (χ0v) is 11.3. The molecule has 0 atom stereocenters. The van der Waals surface area contributed by atoms with Crippen molar-refractivity contribution in [1.82, 2.24) is 5.32 Å². The van der Waals surface area contributed by atoms with E-state index in [1.54, 1.807) is 0 Å². The SMILES string of the molecule is CCOCCOCCCCCCNC(C)C. The molecule has 0 saturated carbocycles. The standard InChI is InChI=1S/C13H29NO2/c1-4-15-11-12-16-10-8-6-5-7-9-14-13(2)3/h13-14H,4-12H2,1-3H3. The molecule has 0 fully saturated rings. The first-order valence-corrected chi connectivity index (χ1v) is 6.66. The predicted molar refractivity (Wildman–Crippen MR) is 68.9 cm³/mol.